The minimum atomic E-state index is -0.0282. The van der Waals surface area contributed by atoms with Gasteiger partial charge in [0.15, 0.2) is 0 Å². The van der Waals surface area contributed by atoms with Crippen LogP contribution in [0.15, 0.2) is 109 Å². The Hall–Kier alpha value is -6.48. The normalized spacial score (nSPS) is 13.8. The van der Waals surface area contributed by atoms with Crippen molar-refractivity contribution >= 4 is 151 Å². The van der Waals surface area contributed by atoms with Crippen LogP contribution in [0, 0.1) is 0 Å². The largest absolute Gasteiger partial charge is 0.277 e. The molecule has 0 saturated carbocycles. The van der Waals surface area contributed by atoms with E-state index in [0.717, 1.165) is 33.6 Å². The van der Waals surface area contributed by atoms with E-state index < -0.39 is 0 Å². The van der Waals surface area contributed by atoms with Gasteiger partial charge in [0.1, 0.15) is 0 Å². The number of hydrogen-bond acceptors (Lipinski definition) is 4. The van der Waals surface area contributed by atoms with E-state index in [9.17, 15) is 0 Å². The Bertz CT molecular complexity index is 4150. The van der Waals surface area contributed by atoms with Crippen LogP contribution in [0.1, 0.15) is 52.7 Å². The molecule has 0 aliphatic heterocycles. The number of aromatic nitrogens is 6. The standard InChI is InChI=1S/C52H36N6S2/c1-51(2,3)25-15-17-35-31(19-25)43-45-48(58-38-24-42-30(22-34(38)53-49(58)55(35)45)28-12-8-10-14-40(28)60-42)44-32-20-26(52(4,5)6)16-18-36(32)56-46(44)47(43)57-37-23-41-29(21-33(37)54-50(56)57)27-11-7-9-13-39(27)59-41/h7-24H,1-6H3. The molecule has 8 heterocycles. The first kappa shape index (κ1) is 32.4. The van der Waals surface area contributed by atoms with Crippen LogP contribution >= 0.6 is 22.7 Å². The fraction of sp³-hybridized carbons (Fsp3) is 0.154. The second-order valence-corrected chi connectivity index (χ2v) is 21.3. The van der Waals surface area contributed by atoms with Gasteiger partial charge in [0.05, 0.1) is 55.2 Å². The van der Waals surface area contributed by atoms with Crippen LogP contribution in [0.2, 0.25) is 0 Å². The molecule has 0 unspecified atom stereocenters. The second kappa shape index (κ2) is 10.1. The number of rotatable bonds is 0. The predicted octanol–water partition coefficient (Wildman–Crippen LogP) is 14.6. The third-order valence-electron chi connectivity index (χ3n) is 13.7. The van der Waals surface area contributed by atoms with Crippen molar-refractivity contribution in [3.05, 3.63) is 120 Å². The van der Waals surface area contributed by atoms with Gasteiger partial charge in [0.2, 0.25) is 11.6 Å². The van der Waals surface area contributed by atoms with E-state index >= 15 is 0 Å². The zero-order valence-electron chi connectivity index (χ0n) is 33.9. The minimum Gasteiger partial charge on any atom is -0.277 e. The van der Waals surface area contributed by atoms with E-state index in [-0.39, 0.29) is 10.8 Å². The van der Waals surface area contributed by atoms with Crippen LogP contribution in [0.3, 0.4) is 0 Å². The Labute approximate surface area is 349 Å². The number of thiophene rings is 2. The lowest BCUT2D eigenvalue weighted by atomic mass is 9.86. The molecule has 8 heteroatoms. The molecular formula is C52H36N6S2. The SMILES string of the molecule is CC(C)(C)c1ccc2c(c1)c1c3c4c(c5cc(C(C)(C)C)ccc5n4c4nc5cc6c(cc5n34)sc3ccccc36)c3c1n2c1nc2cc4c(cc2n31)sc1ccccc14. The van der Waals surface area contributed by atoms with Crippen molar-refractivity contribution in [2.75, 3.05) is 0 Å². The lowest BCUT2D eigenvalue weighted by Crippen LogP contribution is -2.10. The lowest BCUT2D eigenvalue weighted by Gasteiger charge is -2.19. The van der Waals surface area contributed by atoms with Crippen molar-refractivity contribution in [1.82, 2.24) is 27.6 Å². The summed E-state index contributed by atoms with van der Waals surface area (Å²) in [5, 5.41) is 10.2. The third-order valence-corrected chi connectivity index (χ3v) is 16.0. The molecule has 15 aromatic rings. The third kappa shape index (κ3) is 3.66. The number of nitrogens with zero attached hydrogens (tertiary/aromatic N) is 6. The predicted molar refractivity (Wildman–Crippen MR) is 256 cm³/mol. The first-order valence-electron chi connectivity index (χ1n) is 20.8. The second-order valence-electron chi connectivity index (χ2n) is 19.1. The van der Waals surface area contributed by atoms with E-state index in [1.54, 1.807) is 0 Å². The summed E-state index contributed by atoms with van der Waals surface area (Å²) in [6.45, 7) is 13.9. The highest BCUT2D eigenvalue weighted by Crippen LogP contribution is 2.51. The average Bonchev–Trinajstić information content (AvgIpc) is 4.09. The fourth-order valence-electron chi connectivity index (χ4n) is 10.8. The zero-order valence-corrected chi connectivity index (χ0v) is 35.5. The van der Waals surface area contributed by atoms with Gasteiger partial charge in [-0.2, -0.15) is 0 Å². The van der Waals surface area contributed by atoms with Crippen molar-refractivity contribution in [1.29, 1.82) is 0 Å². The Balaban J connectivity index is 1.24. The van der Waals surface area contributed by atoms with E-state index in [1.165, 1.54) is 106 Å². The number of imidazole rings is 4. The van der Waals surface area contributed by atoms with E-state index in [4.69, 9.17) is 9.97 Å². The van der Waals surface area contributed by atoms with Crippen LogP contribution < -0.4 is 0 Å². The number of hydrogen-bond donors (Lipinski definition) is 0. The van der Waals surface area contributed by atoms with Gasteiger partial charge >= 0.3 is 0 Å². The topological polar surface area (TPSA) is 43.4 Å². The Kier molecular flexibility index (Phi) is 5.45. The lowest BCUT2D eigenvalue weighted by molar-refractivity contribution is 0.591. The van der Waals surface area contributed by atoms with Crippen LogP contribution in [0.25, 0.3) is 129 Å². The summed E-state index contributed by atoms with van der Waals surface area (Å²) in [5.41, 5.74) is 14.1. The molecule has 0 fully saturated rings. The van der Waals surface area contributed by atoms with Gasteiger partial charge in [0, 0.05) is 61.9 Å². The van der Waals surface area contributed by atoms with Crippen molar-refractivity contribution < 1.29 is 0 Å². The monoisotopic (exact) mass is 808 g/mol. The molecule has 0 N–H and O–H groups in total. The quantitative estimate of drug-likeness (QED) is 0.153. The van der Waals surface area contributed by atoms with Crippen LogP contribution in [0.4, 0.5) is 0 Å². The molecule has 7 aromatic carbocycles. The van der Waals surface area contributed by atoms with E-state index in [2.05, 4.69) is 168 Å². The minimum absolute atomic E-state index is 0.0282. The highest BCUT2D eigenvalue weighted by Gasteiger charge is 2.33. The zero-order chi connectivity index (χ0) is 39.9. The highest BCUT2D eigenvalue weighted by molar-refractivity contribution is 7.26. The number of fused-ring (bicyclic) bond motifs is 24. The average molecular weight is 809 g/mol. The summed E-state index contributed by atoms with van der Waals surface area (Å²) in [4.78, 5) is 11.2. The van der Waals surface area contributed by atoms with E-state index in [0.29, 0.717) is 0 Å². The molecule has 15 rings (SSSR count). The Morgan fingerprint density at radius 1 is 0.383 bits per heavy atom. The molecule has 286 valence electrons. The van der Waals surface area contributed by atoms with Crippen molar-refractivity contribution in [2.24, 2.45) is 0 Å². The summed E-state index contributed by atoms with van der Waals surface area (Å²) < 4.78 is 15.1. The van der Waals surface area contributed by atoms with Gasteiger partial charge < -0.3 is 0 Å². The maximum absolute atomic E-state index is 5.61. The van der Waals surface area contributed by atoms with Gasteiger partial charge in [-0.05, 0) is 82.6 Å². The van der Waals surface area contributed by atoms with Gasteiger partial charge in [-0.25, -0.2) is 9.97 Å². The summed E-state index contributed by atoms with van der Waals surface area (Å²) in [6, 6.07) is 41.3. The van der Waals surface area contributed by atoms with Gasteiger partial charge in [-0.1, -0.05) is 90.1 Å². The molecule has 0 aliphatic rings. The molecule has 6 nitrogen and oxygen atoms in total. The maximum Gasteiger partial charge on any atom is 0.220 e. The van der Waals surface area contributed by atoms with Crippen LogP contribution in [0.5, 0.6) is 0 Å². The van der Waals surface area contributed by atoms with Crippen LogP contribution in [-0.2, 0) is 10.8 Å². The van der Waals surface area contributed by atoms with Gasteiger partial charge in [0.25, 0.3) is 0 Å². The molecule has 60 heavy (non-hydrogen) atoms. The molecule has 0 bridgehead atoms. The van der Waals surface area contributed by atoms with Gasteiger partial charge in [-0.15, -0.1) is 22.7 Å². The molecule has 0 atom stereocenters. The summed E-state index contributed by atoms with van der Waals surface area (Å²) in [6.07, 6.45) is 0. The molecular weight excluding hydrogens is 773 g/mol. The van der Waals surface area contributed by atoms with Crippen molar-refractivity contribution in [2.45, 2.75) is 52.4 Å². The molecule has 0 aliphatic carbocycles. The molecule has 0 saturated heterocycles. The molecule has 0 spiro atoms. The van der Waals surface area contributed by atoms with Gasteiger partial charge in [-0.3, -0.25) is 17.6 Å². The smallest absolute Gasteiger partial charge is 0.220 e. The maximum atomic E-state index is 5.61. The summed E-state index contributed by atoms with van der Waals surface area (Å²) in [5.74, 6) is 1.92. The van der Waals surface area contributed by atoms with E-state index in [1.807, 2.05) is 22.7 Å². The van der Waals surface area contributed by atoms with Crippen LogP contribution in [-0.4, -0.2) is 27.6 Å². The summed E-state index contributed by atoms with van der Waals surface area (Å²) in [7, 11) is 0. The Morgan fingerprint density at radius 3 is 1.20 bits per heavy atom. The molecule has 0 amide bonds. The van der Waals surface area contributed by atoms with Crippen molar-refractivity contribution in [3.8, 4) is 0 Å². The number of benzene rings is 7. The highest BCUT2D eigenvalue weighted by atomic mass is 32.1. The molecule has 0 radical (unpaired) electrons. The first-order chi connectivity index (χ1) is 29.0. The van der Waals surface area contributed by atoms with Crippen molar-refractivity contribution in [3.63, 3.8) is 0 Å². The molecule has 8 aromatic heterocycles. The summed E-state index contributed by atoms with van der Waals surface area (Å²) >= 11 is 3.74. The first-order valence-corrected chi connectivity index (χ1v) is 22.5. The fourth-order valence-corrected chi connectivity index (χ4v) is 13.1. The Morgan fingerprint density at radius 2 is 0.783 bits per heavy atom.